The van der Waals surface area contributed by atoms with Crippen LogP contribution in [0.4, 0.5) is 11.5 Å². The number of amides is 1. The van der Waals surface area contributed by atoms with Gasteiger partial charge >= 0.3 is 5.97 Å². The molecule has 7 rings (SSSR count). The summed E-state index contributed by atoms with van der Waals surface area (Å²) >= 11 is 15.8. The van der Waals surface area contributed by atoms with Gasteiger partial charge in [0, 0.05) is 60.5 Å². The minimum atomic E-state index is -0.747. The molecule has 51 heavy (non-hydrogen) atoms. The lowest BCUT2D eigenvalue weighted by Gasteiger charge is -2.17. The number of methoxy groups -OCH3 is 1. The second-order valence-electron chi connectivity index (χ2n) is 12.9. The zero-order valence-electron chi connectivity index (χ0n) is 28.1. The molecule has 2 aliphatic heterocycles. The zero-order chi connectivity index (χ0) is 35.6. The van der Waals surface area contributed by atoms with Gasteiger partial charge in [0.25, 0.3) is 0 Å². The maximum Gasteiger partial charge on any atom is 0.307 e. The number of carbonyl (C=O) groups is 2. The standard InChI is InChI=1S/C37H37Cl2N7O4S/c1-20-15-28(44-36(50-2)26(20)17-40-16-22-9-10-30(47)42-22)25-7-3-5-23(32(25)38)24-6-4-8-27(33(24)39)43-35-34-29(11-13-41-35)51-31(45-34)19-46-14-12-21(18-46)37(48)49/h3-8,11,13,15,21-22,40H,9-10,12,14,16-19H2,1-2H3,(H,41,43)(H,42,47)(H,48,49)/t21-,22-/m0/s1. The molecule has 0 spiro atoms. The lowest BCUT2D eigenvalue weighted by Crippen LogP contribution is -2.35. The minimum absolute atomic E-state index is 0.0953. The van der Waals surface area contributed by atoms with Gasteiger partial charge in [0.1, 0.15) is 10.5 Å². The third kappa shape index (κ3) is 7.51. The fourth-order valence-electron chi connectivity index (χ4n) is 6.72. The summed E-state index contributed by atoms with van der Waals surface area (Å²) in [4.78, 5) is 39.4. The van der Waals surface area contributed by atoms with Crippen molar-refractivity contribution in [3.8, 4) is 28.3 Å². The highest BCUT2D eigenvalue weighted by atomic mass is 35.5. The molecule has 0 saturated carbocycles. The normalized spacial score (nSPS) is 17.6. The van der Waals surface area contributed by atoms with Crippen LogP contribution in [0, 0.1) is 12.8 Å². The van der Waals surface area contributed by atoms with Gasteiger partial charge in [-0.1, -0.05) is 53.5 Å². The highest BCUT2D eigenvalue weighted by molar-refractivity contribution is 7.18. The molecule has 264 valence electrons. The molecule has 0 radical (unpaired) electrons. The maximum atomic E-state index is 11.6. The predicted molar refractivity (Wildman–Crippen MR) is 201 cm³/mol. The highest BCUT2D eigenvalue weighted by Crippen LogP contribution is 2.43. The summed E-state index contributed by atoms with van der Waals surface area (Å²) in [6.45, 7) is 5.09. The van der Waals surface area contributed by atoms with Gasteiger partial charge in [-0.2, -0.15) is 0 Å². The van der Waals surface area contributed by atoms with E-state index in [0.29, 0.717) is 72.1 Å². The maximum absolute atomic E-state index is 11.6. The Bertz CT molecular complexity index is 2130. The summed E-state index contributed by atoms with van der Waals surface area (Å²) < 4.78 is 6.70. The van der Waals surface area contributed by atoms with Gasteiger partial charge in [-0.3, -0.25) is 14.5 Å². The summed E-state index contributed by atoms with van der Waals surface area (Å²) in [6.07, 6.45) is 3.78. The van der Waals surface area contributed by atoms with Crippen LogP contribution >= 0.6 is 34.5 Å². The van der Waals surface area contributed by atoms with Crippen LogP contribution in [-0.2, 0) is 22.7 Å². The van der Waals surface area contributed by atoms with Gasteiger partial charge in [0.15, 0.2) is 5.82 Å². The van der Waals surface area contributed by atoms with E-state index >= 15 is 0 Å². The van der Waals surface area contributed by atoms with Gasteiger partial charge in [0.05, 0.1) is 45.7 Å². The number of fused-ring (bicyclic) bond motifs is 1. The highest BCUT2D eigenvalue weighted by Gasteiger charge is 2.29. The van der Waals surface area contributed by atoms with Gasteiger partial charge in [-0.05, 0) is 50.1 Å². The molecule has 3 aromatic heterocycles. The number of hydrogen-bond donors (Lipinski definition) is 4. The van der Waals surface area contributed by atoms with E-state index in [2.05, 4.69) is 25.8 Å². The van der Waals surface area contributed by atoms with Crippen molar-refractivity contribution >= 4 is 68.1 Å². The number of pyridine rings is 2. The van der Waals surface area contributed by atoms with Gasteiger partial charge < -0.3 is 25.8 Å². The largest absolute Gasteiger partial charge is 0.481 e. The first kappa shape index (κ1) is 35.1. The molecule has 2 fully saturated rings. The van der Waals surface area contributed by atoms with E-state index in [1.54, 1.807) is 24.6 Å². The Labute approximate surface area is 309 Å². The topological polar surface area (TPSA) is 142 Å². The average Bonchev–Trinajstić information content (AvgIpc) is 3.87. The second kappa shape index (κ2) is 15.1. The summed E-state index contributed by atoms with van der Waals surface area (Å²) in [5, 5.41) is 21.1. The number of halogens is 2. The molecule has 4 N–H and O–H groups in total. The first-order valence-electron chi connectivity index (χ1n) is 16.8. The molecule has 11 nitrogen and oxygen atoms in total. The number of nitrogens with one attached hydrogen (secondary N) is 3. The van der Waals surface area contributed by atoms with Gasteiger partial charge in [-0.25, -0.2) is 15.0 Å². The van der Waals surface area contributed by atoms with E-state index in [9.17, 15) is 14.7 Å². The smallest absolute Gasteiger partial charge is 0.307 e. The molecule has 1 amide bonds. The molecular formula is C37H37Cl2N7O4S. The number of nitrogens with zero attached hydrogens (tertiary/aromatic N) is 4. The number of benzene rings is 2. The van der Waals surface area contributed by atoms with Crippen LogP contribution in [0.5, 0.6) is 5.88 Å². The number of anilines is 2. The predicted octanol–water partition coefficient (Wildman–Crippen LogP) is 7.06. The fourth-order valence-corrected chi connectivity index (χ4v) is 8.33. The number of carbonyl (C=O) groups excluding carboxylic acids is 1. The van der Waals surface area contributed by atoms with E-state index < -0.39 is 5.97 Å². The molecule has 5 heterocycles. The van der Waals surface area contributed by atoms with E-state index in [-0.39, 0.29) is 17.9 Å². The lowest BCUT2D eigenvalue weighted by molar-refractivity contribution is -0.141. The van der Waals surface area contributed by atoms with Crippen molar-refractivity contribution < 1.29 is 19.4 Å². The Kier molecular flexibility index (Phi) is 10.4. The van der Waals surface area contributed by atoms with Crippen molar-refractivity contribution in [1.82, 2.24) is 30.5 Å². The number of aromatic nitrogens is 3. The Balaban J connectivity index is 1.12. The number of likely N-dealkylation sites (tertiary alicyclic amines) is 1. The van der Waals surface area contributed by atoms with Crippen LogP contribution < -0.4 is 20.7 Å². The molecule has 2 aromatic carbocycles. The quantitative estimate of drug-likeness (QED) is 0.105. The summed E-state index contributed by atoms with van der Waals surface area (Å²) in [5.74, 6) is 0.0994. The molecule has 2 aliphatic rings. The Hall–Kier alpha value is -4.33. The SMILES string of the molecule is COc1nc(-c2cccc(-c3cccc(Nc4nccc5sc(CN6CC[C@H](C(=O)O)C6)nc45)c3Cl)c2Cl)cc(C)c1CNC[C@@H]1CCC(=O)N1. The lowest BCUT2D eigenvalue weighted by atomic mass is 9.99. The molecule has 0 bridgehead atoms. The zero-order valence-corrected chi connectivity index (χ0v) is 30.5. The fraction of sp³-hybridized carbons (Fsp3) is 0.324. The number of aryl methyl sites for hydroxylation is 1. The van der Waals surface area contributed by atoms with Crippen LogP contribution in [0.3, 0.4) is 0 Å². The molecule has 0 unspecified atom stereocenters. The summed E-state index contributed by atoms with van der Waals surface area (Å²) in [7, 11) is 1.61. The number of hydrogen-bond acceptors (Lipinski definition) is 10. The minimum Gasteiger partial charge on any atom is -0.481 e. The van der Waals surface area contributed by atoms with Crippen LogP contribution in [0.2, 0.25) is 10.0 Å². The first-order chi connectivity index (χ1) is 24.7. The van der Waals surface area contributed by atoms with Crippen molar-refractivity contribution in [1.29, 1.82) is 0 Å². The Morgan fingerprint density at radius 2 is 1.88 bits per heavy atom. The molecule has 0 aliphatic carbocycles. The number of rotatable bonds is 12. The van der Waals surface area contributed by atoms with Crippen LogP contribution in [0.15, 0.2) is 54.7 Å². The van der Waals surface area contributed by atoms with Crippen molar-refractivity contribution in [2.45, 2.75) is 45.3 Å². The molecule has 14 heteroatoms. The third-order valence-electron chi connectivity index (χ3n) is 9.43. The summed E-state index contributed by atoms with van der Waals surface area (Å²) in [5.41, 5.74) is 6.23. The van der Waals surface area contributed by atoms with Crippen LogP contribution in [0.1, 0.15) is 35.4 Å². The third-order valence-corrected chi connectivity index (χ3v) is 11.2. The Morgan fingerprint density at radius 3 is 2.63 bits per heavy atom. The average molecular weight is 747 g/mol. The van der Waals surface area contributed by atoms with E-state index in [0.717, 1.165) is 56.0 Å². The van der Waals surface area contributed by atoms with E-state index in [1.165, 1.54) is 0 Å². The van der Waals surface area contributed by atoms with Gasteiger partial charge in [0.2, 0.25) is 11.8 Å². The second-order valence-corrected chi connectivity index (χ2v) is 14.7. The summed E-state index contributed by atoms with van der Waals surface area (Å²) in [6, 6.07) is 15.6. The molecule has 2 atom stereocenters. The van der Waals surface area contributed by atoms with Crippen LogP contribution in [0.25, 0.3) is 32.6 Å². The van der Waals surface area contributed by atoms with Gasteiger partial charge in [-0.15, -0.1) is 11.3 Å². The van der Waals surface area contributed by atoms with Crippen molar-refractivity contribution in [3.05, 3.63) is 80.9 Å². The molecule has 5 aromatic rings. The number of thiazole rings is 1. The van der Waals surface area contributed by atoms with Crippen molar-refractivity contribution in [2.24, 2.45) is 5.92 Å². The van der Waals surface area contributed by atoms with Crippen molar-refractivity contribution in [3.63, 3.8) is 0 Å². The van der Waals surface area contributed by atoms with Crippen molar-refractivity contribution in [2.75, 3.05) is 32.1 Å². The first-order valence-corrected chi connectivity index (χ1v) is 18.3. The number of carboxylic acids is 1. The molecular weight excluding hydrogens is 709 g/mol. The van der Waals surface area contributed by atoms with E-state index in [1.807, 2.05) is 55.5 Å². The van der Waals surface area contributed by atoms with E-state index in [4.69, 9.17) is 37.9 Å². The number of ether oxygens (including phenoxy) is 1. The van der Waals surface area contributed by atoms with Crippen LogP contribution in [-0.4, -0.2) is 69.6 Å². The number of aliphatic carboxylic acids is 1. The Morgan fingerprint density at radius 1 is 1.10 bits per heavy atom. The monoisotopic (exact) mass is 745 g/mol. The number of carboxylic acid groups (broad SMARTS) is 1. The molecule has 2 saturated heterocycles.